The van der Waals surface area contributed by atoms with Gasteiger partial charge in [-0.2, -0.15) is 5.26 Å². The van der Waals surface area contributed by atoms with Crippen molar-refractivity contribution in [2.75, 3.05) is 6.79 Å². The van der Waals surface area contributed by atoms with Gasteiger partial charge in [-0.3, -0.25) is 0 Å². The quantitative estimate of drug-likeness (QED) is 0.367. The molecule has 2 heterocycles. The van der Waals surface area contributed by atoms with Crippen molar-refractivity contribution in [1.29, 1.82) is 5.26 Å². The second-order valence-corrected chi connectivity index (χ2v) is 9.72. The van der Waals surface area contributed by atoms with Crippen LogP contribution in [0.4, 0.5) is 4.39 Å². The maximum atomic E-state index is 13.2. The van der Waals surface area contributed by atoms with Crippen molar-refractivity contribution in [3.63, 3.8) is 0 Å². The molecule has 6 nitrogen and oxygen atoms in total. The highest BCUT2D eigenvalue weighted by atomic mass is 127. The first-order valence-corrected chi connectivity index (χ1v) is 12.0. The van der Waals surface area contributed by atoms with Crippen molar-refractivity contribution in [2.45, 2.75) is 12.5 Å². The van der Waals surface area contributed by atoms with Gasteiger partial charge in [-0.25, -0.2) is 4.39 Å². The molecule has 0 amide bonds. The summed E-state index contributed by atoms with van der Waals surface area (Å²) in [6.45, 7) is 0.443. The third kappa shape index (κ3) is 4.17. The Balaban J connectivity index is 1.52. The molecule has 2 N–H and O–H groups in total. The second-order valence-electron chi connectivity index (χ2n) is 7.40. The van der Waals surface area contributed by atoms with E-state index in [1.807, 2.05) is 18.2 Å². The second kappa shape index (κ2) is 8.90. The molecule has 5 rings (SSSR count). The summed E-state index contributed by atoms with van der Waals surface area (Å²) in [6.07, 6.45) is 0. The minimum atomic E-state index is -0.429. The fourth-order valence-corrected chi connectivity index (χ4v) is 5.94. The third-order valence-corrected chi connectivity index (χ3v) is 6.96. The minimum Gasteiger partial charge on any atom is -0.487 e. The molecular weight excluding hydrogens is 653 g/mol. The van der Waals surface area contributed by atoms with E-state index in [4.69, 9.17) is 24.7 Å². The molecule has 2 aliphatic heterocycles. The number of nitriles is 1. The lowest BCUT2D eigenvalue weighted by molar-refractivity contribution is 0.174. The lowest BCUT2D eigenvalue weighted by Crippen LogP contribution is -2.21. The fourth-order valence-electron chi connectivity index (χ4n) is 3.81. The van der Waals surface area contributed by atoms with Crippen molar-refractivity contribution in [2.24, 2.45) is 5.73 Å². The van der Waals surface area contributed by atoms with E-state index in [2.05, 4.69) is 51.3 Å². The largest absolute Gasteiger partial charge is 0.487 e. The van der Waals surface area contributed by atoms with Crippen LogP contribution in [-0.4, -0.2) is 6.79 Å². The van der Waals surface area contributed by atoms with Crippen LogP contribution in [-0.2, 0) is 6.61 Å². The molecule has 0 bridgehead atoms. The first kappa shape index (κ1) is 22.1. The first-order valence-electron chi connectivity index (χ1n) is 9.82. The molecule has 3 aromatic rings. The molecule has 3 aromatic carbocycles. The zero-order valence-corrected chi connectivity index (χ0v) is 21.2. The Morgan fingerprint density at radius 2 is 1.70 bits per heavy atom. The van der Waals surface area contributed by atoms with Crippen molar-refractivity contribution in [3.8, 4) is 29.1 Å². The van der Waals surface area contributed by atoms with E-state index in [1.165, 1.54) is 12.1 Å². The molecule has 0 unspecified atom stereocenters. The van der Waals surface area contributed by atoms with Crippen LogP contribution in [0.5, 0.6) is 23.0 Å². The van der Waals surface area contributed by atoms with Gasteiger partial charge < -0.3 is 24.7 Å². The van der Waals surface area contributed by atoms with Gasteiger partial charge in [0.1, 0.15) is 35.6 Å². The Hall–Kier alpha value is -2.72. The van der Waals surface area contributed by atoms with Gasteiger partial charge in [0.05, 0.1) is 13.1 Å². The summed E-state index contributed by atoms with van der Waals surface area (Å²) < 4.78 is 37.7. The van der Waals surface area contributed by atoms with Crippen molar-refractivity contribution in [3.05, 3.63) is 89.6 Å². The molecule has 166 valence electrons. The van der Waals surface area contributed by atoms with E-state index in [-0.39, 0.29) is 18.5 Å². The maximum absolute atomic E-state index is 13.2. The zero-order chi connectivity index (χ0) is 23.1. The molecule has 0 aliphatic carbocycles. The molecule has 0 fully saturated rings. The predicted octanol–water partition coefficient (Wildman–Crippen LogP) is 5.56. The van der Waals surface area contributed by atoms with Crippen molar-refractivity contribution in [1.82, 2.24) is 0 Å². The number of allylic oxidation sites excluding steroid dienone is 1. The number of benzene rings is 3. The smallest absolute Gasteiger partial charge is 0.231 e. The summed E-state index contributed by atoms with van der Waals surface area (Å²) in [7, 11) is 0. The van der Waals surface area contributed by atoms with Crippen LogP contribution in [0, 0.1) is 24.3 Å². The van der Waals surface area contributed by atoms with Gasteiger partial charge in [-0.05, 0) is 86.6 Å². The average Bonchev–Trinajstić information content (AvgIpc) is 3.24. The van der Waals surface area contributed by atoms with Crippen LogP contribution in [0.25, 0.3) is 0 Å². The number of rotatable bonds is 4. The summed E-state index contributed by atoms with van der Waals surface area (Å²) in [4.78, 5) is 0. The Bertz CT molecular complexity index is 1310. The number of fused-ring (bicyclic) bond motifs is 2. The van der Waals surface area contributed by atoms with E-state index in [0.717, 1.165) is 29.6 Å². The van der Waals surface area contributed by atoms with Crippen LogP contribution in [0.2, 0.25) is 0 Å². The monoisotopic (exact) mass is 668 g/mol. The highest BCUT2D eigenvalue weighted by Crippen LogP contribution is 2.48. The van der Waals surface area contributed by atoms with Gasteiger partial charge in [0.15, 0.2) is 11.5 Å². The predicted molar refractivity (Wildman–Crippen MR) is 134 cm³/mol. The van der Waals surface area contributed by atoms with Gasteiger partial charge in [0.2, 0.25) is 12.7 Å². The Labute approximate surface area is 216 Å². The van der Waals surface area contributed by atoms with E-state index in [0.29, 0.717) is 29.4 Å². The van der Waals surface area contributed by atoms with Crippen LogP contribution >= 0.6 is 45.2 Å². The summed E-state index contributed by atoms with van der Waals surface area (Å²) in [5, 5.41) is 9.86. The van der Waals surface area contributed by atoms with Gasteiger partial charge in [0, 0.05) is 11.6 Å². The number of nitrogens with zero attached hydrogens (tertiary/aromatic N) is 1. The Morgan fingerprint density at radius 1 is 1.03 bits per heavy atom. The molecule has 0 saturated heterocycles. The summed E-state index contributed by atoms with van der Waals surface area (Å²) in [5.41, 5.74) is 8.96. The number of halogens is 3. The molecule has 0 saturated carbocycles. The summed E-state index contributed by atoms with van der Waals surface area (Å²) in [6, 6.07) is 15.9. The molecule has 9 heteroatoms. The molecule has 1 atom stereocenters. The first-order chi connectivity index (χ1) is 15.9. The fraction of sp³-hybridized carbons (Fsp3) is 0.125. The van der Waals surface area contributed by atoms with Gasteiger partial charge in [-0.15, -0.1) is 0 Å². The SMILES string of the molecule is N#CC1=C(N)Oc2cc3c(cc2[C@H]1c1cc(I)c(OCc2ccc(F)cc2)c(I)c1)OCO3. The van der Waals surface area contributed by atoms with Crippen LogP contribution in [0.1, 0.15) is 22.6 Å². The standard InChI is InChI=1S/C24H15FI2N2O4/c25-14-3-1-12(2-4-14)10-30-23-17(26)5-13(6-18(23)27)22-15-7-20-21(32-11-31-20)8-19(15)33-24(29)16(22)9-28/h1-8,22H,10-11,29H2/t22-/m1/s1. The molecule has 0 spiro atoms. The molecular formula is C24H15FI2N2O4. The summed E-state index contributed by atoms with van der Waals surface area (Å²) in [5.74, 6) is 1.78. The van der Waals surface area contributed by atoms with Crippen LogP contribution < -0.4 is 24.7 Å². The number of hydrogen-bond donors (Lipinski definition) is 1. The molecule has 0 aromatic heterocycles. The number of hydrogen-bond acceptors (Lipinski definition) is 6. The summed E-state index contributed by atoms with van der Waals surface area (Å²) >= 11 is 4.43. The Kier molecular flexibility index (Phi) is 5.96. The van der Waals surface area contributed by atoms with Gasteiger partial charge >= 0.3 is 0 Å². The van der Waals surface area contributed by atoms with Gasteiger partial charge in [0.25, 0.3) is 0 Å². The van der Waals surface area contributed by atoms with E-state index >= 15 is 0 Å². The van der Waals surface area contributed by atoms with Crippen molar-refractivity contribution >= 4 is 45.2 Å². The Morgan fingerprint density at radius 3 is 2.36 bits per heavy atom. The van der Waals surface area contributed by atoms with E-state index in [9.17, 15) is 9.65 Å². The maximum Gasteiger partial charge on any atom is 0.231 e. The highest BCUT2D eigenvalue weighted by Gasteiger charge is 2.34. The molecule has 33 heavy (non-hydrogen) atoms. The highest BCUT2D eigenvalue weighted by molar-refractivity contribution is 14.1. The zero-order valence-electron chi connectivity index (χ0n) is 16.9. The lowest BCUT2D eigenvalue weighted by Gasteiger charge is -2.27. The average molecular weight is 668 g/mol. The van der Waals surface area contributed by atoms with Crippen LogP contribution in [0.15, 0.2) is 60.0 Å². The lowest BCUT2D eigenvalue weighted by atomic mass is 9.83. The molecule has 2 aliphatic rings. The van der Waals surface area contributed by atoms with Crippen molar-refractivity contribution < 1.29 is 23.3 Å². The topological polar surface area (TPSA) is 86.7 Å². The normalized spacial score (nSPS) is 16.1. The number of nitrogens with two attached hydrogens (primary N) is 1. The van der Waals surface area contributed by atoms with Gasteiger partial charge in [-0.1, -0.05) is 12.1 Å². The minimum absolute atomic E-state index is 0.0653. The molecule has 0 radical (unpaired) electrons. The number of ether oxygens (including phenoxy) is 4. The van der Waals surface area contributed by atoms with E-state index in [1.54, 1.807) is 18.2 Å². The third-order valence-electron chi connectivity index (χ3n) is 5.36. The van der Waals surface area contributed by atoms with E-state index < -0.39 is 5.92 Å². The van der Waals surface area contributed by atoms with Crippen LogP contribution in [0.3, 0.4) is 0 Å².